The van der Waals surface area contributed by atoms with Gasteiger partial charge >= 0.3 is 5.69 Å². The molecule has 0 aliphatic carbocycles. The highest BCUT2D eigenvalue weighted by molar-refractivity contribution is 5.90. The minimum atomic E-state index is -0.447. The van der Waals surface area contributed by atoms with E-state index in [1.54, 1.807) is 4.90 Å². The van der Waals surface area contributed by atoms with Crippen molar-refractivity contribution in [2.24, 2.45) is 5.92 Å². The van der Waals surface area contributed by atoms with Crippen molar-refractivity contribution in [1.82, 2.24) is 20.1 Å². The molecule has 2 aromatic rings. The van der Waals surface area contributed by atoms with E-state index in [2.05, 4.69) is 39.4 Å². The van der Waals surface area contributed by atoms with E-state index in [4.69, 9.17) is 0 Å². The maximum absolute atomic E-state index is 12.2. The highest BCUT2D eigenvalue weighted by Gasteiger charge is 2.25. The number of likely N-dealkylation sites (tertiary alicyclic amines) is 1. The van der Waals surface area contributed by atoms with E-state index in [0.717, 1.165) is 19.3 Å². The molecule has 21 heavy (non-hydrogen) atoms. The molecule has 1 aromatic carbocycles. The zero-order chi connectivity index (χ0) is 14.7. The fourth-order valence-electron chi connectivity index (χ4n) is 2.81. The van der Waals surface area contributed by atoms with Crippen LogP contribution in [0.2, 0.25) is 0 Å². The Morgan fingerprint density at radius 2 is 1.95 bits per heavy atom. The second-order valence-electron chi connectivity index (χ2n) is 5.45. The summed E-state index contributed by atoms with van der Waals surface area (Å²) in [6.45, 7) is 1.43. The summed E-state index contributed by atoms with van der Waals surface area (Å²) in [5.41, 5.74) is 0.899. The number of H-pyrrole nitrogens is 2. The molecule has 2 heterocycles. The van der Waals surface area contributed by atoms with E-state index in [0.29, 0.717) is 19.0 Å². The summed E-state index contributed by atoms with van der Waals surface area (Å²) in [6.07, 6.45) is 3.02. The zero-order valence-corrected chi connectivity index (χ0v) is 11.7. The Morgan fingerprint density at radius 1 is 1.24 bits per heavy atom. The lowest BCUT2D eigenvalue weighted by molar-refractivity contribution is 0.0678. The van der Waals surface area contributed by atoms with Gasteiger partial charge in [0.25, 0.3) is 5.91 Å². The van der Waals surface area contributed by atoms with Crippen molar-refractivity contribution in [2.45, 2.75) is 19.3 Å². The van der Waals surface area contributed by atoms with Gasteiger partial charge in [0.15, 0.2) is 0 Å². The van der Waals surface area contributed by atoms with Crippen LogP contribution in [-0.4, -0.2) is 39.1 Å². The van der Waals surface area contributed by atoms with Crippen molar-refractivity contribution in [2.75, 3.05) is 13.1 Å². The smallest absolute Gasteiger partial charge is 0.336 e. The minimum absolute atomic E-state index is 0.0986. The lowest BCUT2D eigenvalue weighted by Crippen LogP contribution is -2.39. The third-order valence-corrected chi connectivity index (χ3v) is 3.97. The minimum Gasteiger partial charge on any atom is -0.336 e. The topological polar surface area (TPSA) is 81.8 Å². The Labute approximate surface area is 122 Å². The highest BCUT2D eigenvalue weighted by atomic mass is 16.2. The van der Waals surface area contributed by atoms with Crippen LogP contribution in [0.15, 0.2) is 35.1 Å². The third kappa shape index (κ3) is 3.21. The number of nitrogens with one attached hydrogen (secondary N) is 2. The summed E-state index contributed by atoms with van der Waals surface area (Å²) >= 11 is 0. The molecule has 0 unspecified atom stereocenters. The average molecular weight is 286 g/mol. The van der Waals surface area contributed by atoms with Crippen molar-refractivity contribution in [1.29, 1.82) is 0 Å². The molecule has 3 rings (SSSR count). The number of rotatable bonds is 3. The lowest BCUT2D eigenvalue weighted by atomic mass is 9.90. The van der Waals surface area contributed by atoms with Crippen LogP contribution in [0.25, 0.3) is 0 Å². The van der Waals surface area contributed by atoms with Gasteiger partial charge in [-0.3, -0.25) is 9.78 Å². The van der Waals surface area contributed by atoms with Crippen molar-refractivity contribution in [3.05, 3.63) is 52.2 Å². The number of carbonyl (C=O) groups excluding carboxylic acids is 1. The Hall–Kier alpha value is -2.37. The molecule has 1 aliphatic rings. The molecule has 6 heteroatoms. The fourth-order valence-corrected chi connectivity index (χ4v) is 2.81. The maximum Gasteiger partial charge on any atom is 0.341 e. The van der Waals surface area contributed by atoms with Crippen LogP contribution in [-0.2, 0) is 6.42 Å². The summed E-state index contributed by atoms with van der Waals surface area (Å²) in [7, 11) is 0. The number of benzene rings is 1. The predicted molar refractivity (Wildman–Crippen MR) is 78.0 cm³/mol. The monoisotopic (exact) mass is 286 g/mol. The first-order valence-corrected chi connectivity index (χ1v) is 7.20. The Kier molecular flexibility index (Phi) is 3.85. The lowest BCUT2D eigenvalue weighted by Gasteiger charge is -2.31. The average Bonchev–Trinajstić information content (AvgIpc) is 2.95. The predicted octanol–water partition coefficient (Wildman–Crippen LogP) is 1.19. The van der Waals surface area contributed by atoms with E-state index in [1.807, 2.05) is 6.07 Å². The molecule has 0 radical (unpaired) electrons. The van der Waals surface area contributed by atoms with E-state index in [-0.39, 0.29) is 11.7 Å². The van der Waals surface area contributed by atoms with Gasteiger partial charge in [0.05, 0.1) is 0 Å². The van der Waals surface area contributed by atoms with Gasteiger partial charge in [0, 0.05) is 13.1 Å². The Morgan fingerprint density at radius 3 is 2.57 bits per heavy atom. The summed E-state index contributed by atoms with van der Waals surface area (Å²) in [5, 5.41) is 5.91. The van der Waals surface area contributed by atoms with Crippen molar-refractivity contribution in [3.63, 3.8) is 0 Å². The van der Waals surface area contributed by atoms with Crippen LogP contribution < -0.4 is 5.69 Å². The molecule has 0 atom stereocenters. The van der Waals surface area contributed by atoms with E-state index < -0.39 is 5.69 Å². The summed E-state index contributed by atoms with van der Waals surface area (Å²) in [6, 6.07) is 10.4. The summed E-state index contributed by atoms with van der Waals surface area (Å²) in [4.78, 5) is 27.3. The second kappa shape index (κ2) is 5.95. The number of aromatic nitrogens is 3. The highest BCUT2D eigenvalue weighted by Crippen LogP contribution is 2.22. The fraction of sp³-hybridized carbons (Fsp3) is 0.400. The van der Waals surface area contributed by atoms with E-state index in [1.165, 1.54) is 5.56 Å². The number of piperidine rings is 1. The SMILES string of the molecule is O=C(c1n[nH]c(=O)[nH]1)N1CCC(Cc2ccccc2)CC1. The van der Waals surface area contributed by atoms with Gasteiger partial charge in [-0.05, 0) is 30.7 Å². The van der Waals surface area contributed by atoms with Crippen LogP contribution in [0.3, 0.4) is 0 Å². The van der Waals surface area contributed by atoms with Crippen molar-refractivity contribution in [3.8, 4) is 0 Å². The molecule has 1 saturated heterocycles. The molecule has 2 N–H and O–H groups in total. The second-order valence-corrected chi connectivity index (χ2v) is 5.45. The number of carbonyl (C=O) groups is 1. The summed E-state index contributed by atoms with van der Waals surface area (Å²) in [5.74, 6) is 0.503. The van der Waals surface area contributed by atoms with Gasteiger partial charge in [0.2, 0.25) is 5.82 Å². The first kappa shape index (κ1) is 13.6. The quantitative estimate of drug-likeness (QED) is 0.889. The molecular formula is C15H18N4O2. The molecular weight excluding hydrogens is 268 g/mol. The molecule has 1 fully saturated rings. The third-order valence-electron chi connectivity index (χ3n) is 3.97. The van der Waals surface area contributed by atoms with E-state index >= 15 is 0 Å². The van der Waals surface area contributed by atoms with Crippen LogP contribution in [0.1, 0.15) is 29.0 Å². The molecule has 0 saturated carbocycles. The molecule has 110 valence electrons. The summed E-state index contributed by atoms with van der Waals surface area (Å²) < 4.78 is 0. The van der Waals surface area contributed by atoms with Gasteiger partial charge in [-0.25, -0.2) is 9.89 Å². The van der Waals surface area contributed by atoms with Crippen molar-refractivity contribution >= 4 is 5.91 Å². The van der Waals surface area contributed by atoms with Crippen LogP contribution in [0, 0.1) is 5.92 Å². The van der Waals surface area contributed by atoms with Crippen LogP contribution in [0.4, 0.5) is 0 Å². The van der Waals surface area contributed by atoms with Gasteiger partial charge in [-0.2, -0.15) is 0 Å². The largest absolute Gasteiger partial charge is 0.341 e. The van der Waals surface area contributed by atoms with Gasteiger partial charge in [0.1, 0.15) is 0 Å². The van der Waals surface area contributed by atoms with Gasteiger partial charge in [-0.15, -0.1) is 5.10 Å². The first-order chi connectivity index (χ1) is 10.2. The Balaban J connectivity index is 1.55. The number of hydrogen-bond acceptors (Lipinski definition) is 3. The number of aromatic amines is 2. The zero-order valence-electron chi connectivity index (χ0n) is 11.7. The maximum atomic E-state index is 12.2. The standard InChI is InChI=1S/C15H18N4O2/c20-14(13-16-15(21)18-17-13)19-8-6-12(7-9-19)10-11-4-2-1-3-5-11/h1-5,12H,6-10H2,(H2,16,17,18,21). The molecule has 0 spiro atoms. The molecule has 1 aliphatic heterocycles. The van der Waals surface area contributed by atoms with E-state index in [9.17, 15) is 9.59 Å². The Bertz CT molecular complexity index is 654. The van der Waals surface area contributed by atoms with Gasteiger partial charge < -0.3 is 4.90 Å². The first-order valence-electron chi connectivity index (χ1n) is 7.20. The number of hydrogen-bond donors (Lipinski definition) is 2. The molecule has 1 amide bonds. The normalized spacial score (nSPS) is 16.1. The molecule has 6 nitrogen and oxygen atoms in total. The number of amides is 1. The molecule has 0 bridgehead atoms. The van der Waals surface area contributed by atoms with Crippen LogP contribution >= 0.6 is 0 Å². The molecule has 1 aromatic heterocycles. The van der Waals surface area contributed by atoms with Gasteiger partial charge in [-0.1, -0.05) is 30.3 Å². The number of nitrogens with zero attached hydrogens (tertiary/aromatic N) is 2. The van der Waals surface area contributed by atoms with Crippen LogP contribution in [0.5, 0.6) is 0 Å². The van der Waals surface area contributed by atoms with Crippen molar-refractivity contribution < 1.29 is 4.79 Å².